The Morgan fingerprint density at radius 3 is 2.64 bits per heavy atom. The quantitative estimate of drug-likeness (QED) is 0.597. The van der Waals surface area contributed by atoms with Gasteiger partial charge in [0.2, 0.25) is 0 Å². The van der Waals surface area contributed by atoms with Gasteiger partial charge in [0, 0.05) is 50.1 Å². The molecule has 1 unspecified atom stereocenters. The molecule has 1 amide bonds. The number of nitrogen functional groups attached to an aromatic ring is 1. The van der Waals surface area contributed by atoms with Crippen LogP contribution in [0.25, 0.3) is 0 Å². The number of halogens is 2. The molecule has 2 N–H and O–H groups in total. The summed E-state index contributed by atoms with van der Waals surface area (Å²) in [5.74, 6) is 0.0951. The smallest absolute Gasteiger partial charge is 0.254 e. The van der Waals surface area contributed by atoms with E-state index in [-0.39, 0.29) is 30.7 Å². The van der Waals surface area contributed by atoms with Crippen molar-refractivity contribution in [3.05, 3.63) is 29.3 Å². The number of hydrogen-bond acceptors (Lipinski definition) is 4. The van der Waals surface area contributed by atoms with Gasteiger partial charge >= 0.3 is 0 Å². The number of amides is 1. The van der Waals surface area contributed by atoms with Gasteiger partial charge in [-0.2, -0.15) is 0 Å². The van der Waals surface area contributed by atoms with Crippen LogP contribution in [-0.4, -0.2) is 61.1 Å². The summed E-state index contributed by atoms with van der Waals surface area (Å²) in [5, 5.41) is 0. The number of nitrogens with zero attached hydrogens (tertiary/aromatic N) is 2. The predicted molar refractivity (Wildman–Crippen MR) is 108 cm³/mol. The van der Waals surface area contributed by atoms with Gasteiger partial charge in [-0.25, -0.2) is 0 Å². The Hall–Kier alpha value is -1.01. The first-order chi connectivity index (χ1) is 11.1. The summed E-state index contributed by atoms with van der Waals surface area (Å²) in [6.45, 7) is 11.0. The van der Waals surface area contributed by atoms with Crippen LogP contribution < -0.4 is 5.73 Å². The van der Waals surface area contributed by atoms with Crippen molar-refractivity contribution in [2.75, 3.05) is 45.1 Å². The molecule has 1 aliphatic heterocycles. The van der Waals surface area contributed by atoms with E-state index in [9.17, 15) is 4.79 Å². The molecule has 144 valence electrons. The molecule has 1 atom stereocenters. The number of hydrogen-bond donors (Lipinski definition) is 1. The molecule has 1 heterocycles. The lowest BCUT2D eigenvalue weighted by Gasteiger charge is -2.41. The molecule has 0 aromatic heterocycles. The summed E-state index contributed by atoms with van der Waals surface area (Å²) in [5.41, 5.74) is 8.19. The van der Waals surface area contributed by atoms with Crippen LogP contribution in [0, 0.1) is 6.92 Å². The van der Waals surface area contributed by atoms with Crippen LogP contribution in [0.15, 0.2) is 18.2 Å². The Balaban J connectivity index is 0.00000288. The van der Waals surface area contributed by atoms with Crippen LogP contribution >= 0.6 is 24.8 Å². The fourth-order valence-electron chi connectivity index (χ4n) is 3.13. The summed E-state index contributed by atoms with van der Waals surface area (Å²) in [7, 11) is 0. The molecule has 2 rings (SSSR count). The largest absolute Gasteiger partial charge is 0.399 e. The van der Waals surface area contributed by atoms with E-state index in [1.807, 2.05) is 30.9 Å². The fourth-order valence-corrected chi connectivity index (χ4v) is 3.13. The Morgan fingerprint density at radius 1 is 1.28 bits per heavy atom. The summed E-state index contributed by atoms with van der Waals surface area (Å²) in [6.07, 6.45) is 1.03. The van der Waals surface area contributed by atoms with Crippen molar-refractivity contribution < 1.29 is 9.53 Å². The lowest BCUT2D eigenvalue weighted by Crippen LogP contribution is -2.55. The minimum absolute atomic E-state index is 0. The van der Waals surface area contributed by atoms with Gasteiger partial charge in [0.05, 0.1) is 6.61 Å². The zero-order chi connectivity index (χ0) is 16.8. The van der Waals surface area contributed by atoms with E-state index in [4.69, 9.17) is 10.5 Å². The molecule has 1 aromatic carbocycles. The molecule has 0 aliphatic carbocycles. The Morgan fingerprint density at radius 2 is 2.00 bits per heavy atom. The van der Waals surface area contributed by atoms with Gasteiger partial charge in [0.15, 0.2) is 0 Å². The summed E-state index contributed by atoms with van der Waals surface area (Å²) in [6, 6.07) is 5.94. The van der Waals surface area contributed by atoms with E-state index in [1.54, 1.807) is 6.07 Å². The maximum atomic E-state index is 12.8. The molecule has 7 heteroatoms. The number of rotatable bonds is 6. The van der Waals surface area contributed by atoms with Gasteiger partial charge < -0.3 is 15.4 Å². The van der Waals surface area contributed by atoms with Crippen LogP contribution in [0.4, 0.5) is 5.69 Å². The van der Waals surface area contributed by atoms with E-state index >= 15 is 0 Å². The molecule has 1 aliphatic rings. The number of carbonyl (C=O) groups excluding carboxylic acids is 1. The summed E-state index contributed by atoms with van der Waals surface area (Å²) < 4.78 is 5.47. The minimum atomic E-state index is 0. The third-order valence-electron chi connectivity index (χ3n) is 4.58. The number of piperazine rings is 1. The van der Waals surface area contributed by atoms with E-state index in [1.165, 1.54) is 0 Å². The highest BCUT2D eigenvalue weighted by Crippen LogP contribution is 2.19. The van der Waals surface area contributed by atoms with E-state index < -0.39 is 0 Å². The third-order valence-corrected chi connectivity index (χ3v) is 4.58. The van der Waals surface area contributed by atoms with Crippen LogP contribution in [0.3, 0.4) is 0 Å². The Kier molecular flexibility index (Phi) is 11.1. The highest BCUT2D eigenvalue weighted by atomic mass is 35.5. The lowest BCUT2D eigenvalue weighted by molar-refractivity contribution is 0.0340. The molecular weight excluding hydrogens is 361 g/mol. The first-order valence-electron chi connectivity index (χ1n) is 8.54. The SMILES string of the molecule is CCOCCN1CCN(C(=O)c2cc(N)ccc2C)CC1CC.Cl.Cl. The van der Waals surface area contributed by atoms with Gasteiger partial charge in [-0.05, 0) is 38.0 Å². The monoisotopic (exact) mass is 391 g/mol. The average molecular weight is 392 g/mol. The summed E-state index contributed by atoms with van der Waals surface area (Å²) >= 11 is 0. The fraction of sp³-hybridized carbons (Fsp3) is 0.611. The molecule has 0 spiro atoms. The zero-order valence-corrected chi connectivity index (χ0v) is 17.0. The standard InChI is InChI=1S/C18H29N3O2.2ClH/c1-4-16-13-21(9-8-20(16)10-11-23-5-2)18(22)17-12-15(19)7-6-14(17)3;;/h6-7,12,16H,4-5,8-11,13,19H2,1-3H3;2*1H. The number of nitrogens with two attached hydrogens (primary N) is 1. The second-order valence-electron chi connectivity index (χ2n) is 6.12. The van der Waals surface area contributed by atoms with Crippen molar-refractivity contribution in [2.24, 2.45) is 0 Å². The van der Waals surface area contributed by atoms with E-state index in [2.05, 4.69) is 11.8 Å². The van der Waals surface area contributed by atoms with E-state index in [0.29, 0.717) is 11.7 Å². The van der Waals surface area contributed by atoms with Crippen LogP contribution in [0.1, 0.15) is 36.2 Å². The first-order valence-corrected chi connectivity index (χ1v) is 8.54. The van der Waals surface area contributed by atoms with Gasteiger partial charge in [-0.3, -0.25) is 9.69 Å². The van der Waals surface area contributed by atoms with Gasteiger partial charge in [-0.15, -0.1) is 24.8 Å². The molecule has 25 heavy (non-hydrogen) atoms. The zero-order valence-electron chi connectivity index (χ0n) is 15.4. The van der Waals surface area contributed by atoms with Crippen molar-refractivity contribution in [3.63, 3.8) is 0 Å². The van der Waals surface area contributed by atoms with Gasteiger partial charge in [-0.1, -0.05) is 13.0 Å². The number of ether oxygens (including phenoxy) is 1. The summed E-state index contributed by atoms with van der Waals surface area (Å²) in [4.78, 5) is 17.2. The number of benzene rings is 1. The highest BCUT2D eigenvalue weighted by Gasteiger charge is 2.29. The average Bonchev–Trinajstić information content (AvgIpc) is 2.56. The third kappa shape index (κ3) is 6.33. The Labute approximate surface area is 163 Å². The molecule has 1 saturated heterocycles. The van der Waals surface area contributed by atoms with Gasteiger partial charge in [0.25, 0.3) is 5.91 Å². The molecule has 0 saturated carbocycles. The normalized spacial score (nSPS) is 17.6. The maximum Gasteiger partial charge on any atom is 0.254 e. The second-order valence-corrected chi connectivity index (χ2v) is 6.12. The molecule has 1 aromatic rings. The molecule has 0 bridgehead atoms. The van der Waals surface area contributed by atoms with Crippen LogP contribution in [0.2, 0.25) is 0 Å². The van der Waals surface area contributed by atoms with Crippen LogP contribution in [-0.2, 0) is 4.74 Å². The number of carbonyl (C=O) groups is 1. The van der Waals surface area contributed by atoms with E-state index in [0.717, 1.165) is 56.9 Å². The van der Waals surface area contributed by atoms with Crippen molar-refractivity contribution in [1.29, 1.82) is 0 Å². The Bertz CT molecular complexity index is 543. The predicted octanol–water partition coefficient (Wildman–Crippen LogP) is 2.99. The lowest BCUT2D eigenvalue weighted by atomic mass is 10.0. The van der Waals surface area contributed by atoms with Crippen LogP contribution in [0.5, 0.6) is 0 Å². The number of anilines is 1. The first kappa shape index (κ1) is 24.0. The van der Waals surface area contributed by atoms with Gasteiger partial charge in [0.1, 0.15) is 0 Å². The molecule has 0 radical (unpaired) electrons. The topological polar surface area (TPSA) is 58.8 Å². The highest BCUT2D eigenvalue weighted by molar-refractivity contribution is 5.96. The molecule has 5 nitrogen and oxygen atoms in total. The second kappa shape index (κ2) is 11.6. The number of aryl methyl sites for hydroxylation is 1. The maximum absolute atomic E-state index is 12.8. The molecule has 1 fully saturated rings. The van der Waals surface area contributed by atoms with Crippen molar-refractivity contribution in [3.8, 4) is 0 Å². The molecular formula is C18H31Cl2N3O2. The minimum Gasteiger partial charge on any atom is -0.399 e. The van der Waals surface area contributed by atoms with Crippen molar-refractivity contribution >= 4 is 36.4 Å². The van der Waals surface area contributed by atoms with Crippen molar-refractivity contribution in [2.45, 2.75) is 33.2 Å². The van der Waals surface area contributed by atoms with Crippen molar-refractivity contribution in [1.82, 2.24) is 9.80 Å².